The zero-order valence-electron chi connectivity index (χ0n) is 31.3. The van der Waals surface area contributed by atoms with Gasteiger partial charge in [0.05, 0.1) is 24.4 Å². The van der Waals surface area contributed by atoms with Gasteiger partial charge in [0.1, 0.15) is 12.2 Å². The van der Waals surface area contributed by atoms with Crippen LogP contribution in [-0.2, 0) is 28.7 Å². The van der Waals surface area contributed by atoms with Crippen molar-refractivity contribution in [2.45, 2.75) is 206 Å². The highest BCUT2D eigenvalue weighted by molar-refractivity contribution is 5.69. The smallest absolute Gasteiger partial charge is 0.306 e. The molecule has 0 spiro atoms. The molecule has 10 heteroatoms. The van der Waals surface area contributed by atoms with Gasteiger partial charge in [-0.3, -0.25) is 19.3 Å². The average Bonchev–Trinajstić information content (AvgIpc) is 2.81. The lowest BCUT2D eigenvalue weighted by Crippen LogP contribution is -2.62. The summed E-state index contributed by atoms with van der Waals surface area (Å²) in [6.45, 7) is 24.0. The van der Waals surface area contributed by atoms with Gasteiger partial charge in [-0.25, -0.2) is 0 Å². The molecule has 2 saturated heterocycles. The van der Waals surface area contributed by atoms with Gasteiger partial charge in [0.15, 0.2) is 0 Å². The molecule has 2 aliphatic rings. The molecule has 2 N–H and O–H groups in total. The number of esters is 2. The first-order valence-electron chi connectivity index (χ1n) is 17.5. The van der Waals surface area contributed by atoms with Crippen LogP contribution in [-0.4, -0.2) is 91.1 Å². The summed E-state index contributed by atoms with van der Waals surface area (Å²) in [7, 11) is 0. The molecule has 0 aliphatic carbocycles. The van der Waals surface area contributed by atoms with Gasteiger partial charge in [-0.2, -0.15) is 10.1 Å². The summed E-state index contributed by atoms with van der Waals surface area (Å²) in [5, 5.41) is 24.2. The average molecular weight is 657 g/mol. The summed E-state index contributed by atoms with van der Waals surface area (Å²) in [4.78, 5) is 37.4. The van der Waals surface area contributed by atoms with Crippen molar-refractivity contribution in [1.29, 1.82) is 0 Å². The minimum absolute atomic E-state index is 0.147. The van der Waals surface area contributed by atoms with Crippen LogP contribution in [0.15, 0.2) is 0 Å². The van der Waals surface area contributed by atoms with Crippen LogP contribution in [0.4, 0.5) is 0 Å². The van der Waals surface area contributed by atoms with E-state index in [2.05, 4.69) is 55.4 Å². The molecule has 0 aromatic heterocycles. The van der Waals surface area contributed by atoms with Crippen molar-refractivity contribution in [2.24, 2.45) is 0 Å². The largest absolute Gasteiger partial charge is 0.462 e. The quantitative estimate of drug-likeness (QED) is 0.130. The van der Waals surface area contributed by atoms with Gasteiger partial charge < -0.3 is 19.7 Å². The predicted molar refractivity (Wildman–Crippen MR) is 180 cm³/mol. The lowest BCUT2D eigenvalue weighted by Gasteiger charge is -2.53. The van der Waals surface area contributed by atoms with E-state index in [1.807, 2.05) is 10.1 Å². The Kier molecular flexibility index (Phi) is 14.2. The van der Waals surface area contributed by atoms with E-state index in [0.717, 1.165) is 38.5 Å². The van der Waals surface area contributed by atoms with Crippen LogP contribution in [0.25, 0.3) is 0 Å². The van der Waals surface area contributed by atoms with Crippen LogP contribution in [0.2, 0.25) is 0 Å². The maximum atomic E-state index is 12.6. The molecule has 0 unspecified atom stereocenters. The molecule has 2 rings (SSSR count). The number of nitrogens with zero attached hydrogens (tertiary/aromatic N) is 2. The zero-order chi connectivity index (χ0) is 35.2. The Labute approximate surface area is 279 Å². The number of ether oxygens (including phenoxy) is 2. The summed E-state index contributed by atoms with van der Waals surface area (Å²) in [5.74, 6) is -0.294. The first kappa shape index (κ1) is 40.9. The number of piperidine rings is 2. The fourth-order valence-corrected chi connectivity index (χ4v) is 7.39. The number of hydroxylamine groups is 4. The van der Waals surface area contributed by atoms with Gasteiger partial charge in [0.25, 0.3) is 0 Å². The third-order valence-electron chi connectivity index (χ3n) is 8.81. The van der Waals surface area contributed by atoms with Crippen molar-refractivity contribution >= 4 is 11.9 Å². The maximum Gasteiger partial charge on any atom is 0.306 e. The number of hydrogen-bond acceptors (Lipinski definition) is 10. The number of hydrogen-bond donors (Lipinski definition) is 2. The van der Waals surface area contributed by atoms with Gasteiger partial charge in [0, 0.05) is 60.7 Å². The monoisotopic (exact) mass is 656 g/mol. The fraction of sp³-hybridized carbons (Fsp3) is 0.944. The maximum absolute atomic E-state index is 12.6. The van der Waals surface area contributed by atoms with E-state index < -0.39 is 11.2 Å². The van der Waals surface area contributed by atoms with Crippen LogP contribution >= 0.6 is 0 Å². The van der Waals surface area contributed by atoms with Crippen molar-refractivity contribution in [3.05, 3.63) is 0 Å². The number of carbonyl (C=O) groups excluding carboxylic acids is 2. The van der Waals surface area contributed by atoms with Crippen LogP contribution in [0.5, 0.6) is 0 Å². The molecule has 46 heavy (non-hydrogen) atoms. The summed E-state index contributed by atoms with van der Waals surface area (Å²) >= 11 is 0. The summed E-state index contributed by atoms with van der Waals surface area (Å²) in [5.41, 5.74) is -3.23. The van der Waals surface area contributed by atoms with Gasteiger partial charge in [-0.15, -0.1) is 0 Å². The van der Waals surface area contributed by atoms with Gasteiger partial charge in [-0.1, -0.05) is 25.7 Å². The highest BCUT2D eigenvalue weighted by atomic mass is 16.7. The number of unbranched alkanes of at least 4 members (excludes halogenated alkanes) is 5. The van der Waals surface area contributed by atoms with E-state index >= 15 is 0 Å². The third kappa shape index (κ3) is 13.7. The number of aliphatic hydroxyl groups is 2. The Morgan fingerprint density at radius 1 is 0.565 bits per heavy atom. The van der Waals surface area contributed by atoms with Crippen LogP contribution in [0, 0.1) is 0 Å². The standard InChI is InChI=1S/C36H68N2O8/c1-31(2)21-27(22-32(3,4)37(31)43-25-35(9,10)41)45-29(39)19-17-15-13-14-16-18-20-30(40)46-28-23-33(5,6)38(34(7,8)24-28)44-26-36(11,12)42/h27-28,41-42H,13-26H2,1-12H3. The Hall–Kier alpha value is -1.30. The molecule has 2 fully saturated rings. The second-order valence-electron chi connectivity index (χ2n) is 17.7. The molecule has 0 aromatic rings. The minimum Gasteiger partial charge on any atom is -0.462 e. The van der Waals surface area contributed by atoms with Crippen molar-refractivity contribution in [3.8, 4) is 0 Å². The molecule has 0 amide bonds. The molecule has 2 aliphatic heterocycles. The van der Waals surface area contributed by atoms with Crippen molar-refractivity contribution in [3.63, 3.8) is 0 Å². The van der Waals surface area contributed by atoms with E-state index in [-0.39, 0.29) is 59.5 Å². The van der Waals surface area contributed by atoms with Crippen LogP contribution in [0.3, 0.4) is 0 Å². The van der Waals surface area contributed by atoms with Crippen molar-refractivity contribution < 1.29 is 39.0 Å². The van der Waals surface area contributed by atoms with E-state index in [1.165, 1.54) is 0 Å². The van der Waals surface area contributed by atoms with E-state index in [9.17, 15) is 19.8 Å². The molecule has 0 atom stereocenters. The minimum atomic E-state index is -0.925. The summed E-state index contributed by atoms with van der Waals surface area (Å²) in [6, 6.07) is 0. The molecular formula is C36H68N2O8. The molecule has 0 radical (unpaired) electrons. The van der Waals surface area contributed by atoms with Gasteiger partial charge >= 0.3 is 11.9 Å². The molecule has 270 valence electrons. The van der Waals surface area contributed by atoms with E-state index in [0.29, 0.717) is 38.5 Å². The Bertz CT molecular complexity index is 865. The second-order valence-corrected chi connectivity index (χ2v) is 17.7. The normalized spacial score (nSPS) is 22.5. The fourth-order valence-electron chi connectivity index (χ4n) is 7.39. The van der Waals surface area contributed by atoms with Crippen LogP contribution in [0.1, 0.15) is 160 Å². The zero-order valence-corrected chi connectivity index (χ0v) is 31.3. The number of carbonyl (C=O) groups is 2. The molecule has 0 aromatic carbocycles. The Morgan fingerprint density at radius 3 is 1.09 bits per heavy atom. The highest BCUT2D eigenvalue weighted by Crippen LogP contribution is 2.41. The lowest BCUT2D eigenvalue weighted by atomic mass is 9.80. The van der Waals surface area contributed by atoms with Gasteiger partial charge in [-0.05, 0) is 95.9 Å². The molecule has 0 bridgehead atoms. The summed E-state index contributed by atoms with van der Waals surface area (Å²) < 4.78 is 11.8. The van der Waals surface area contributed by atoms with E-state index in [4.69, 9.17) is 19.1 Å². The Balaban J connectivity index is 1.62. The first-order chi connectivity index (χ1) is 20.8. The SMILES string of the molecule is CC(C)(O)CON1C(C)(C)CC(OC(=O)CCCCCCCCC(=O)OC2CC(C)(C)N(OCC(C)(C)O)C(C)(C)C2)CC1(C)C. The topological polar surface area (TPSA) is 118 Å². The molecular weight excluding hydrogens is 588 g/mol. The summed E-state index contributed by atoms with van der Waals surface area (Å²) in [6.07, 6.45) is 8.71. The molecule has 2 heterocycles. The van der Waals surface area contributed by atoms with Crippen molar-refractivity contribution in [1.82, 2.24) is 10.1 Å². The van der Waals surface area contributed by atoms with Crippen molar-refractivity contribution in [2.75, 3.05) is 13.2 Å². The lowest BCUT2D eigenvalue weighted by molar-refractivity contribution is -0.307. The molecule has 0 saturated carbocycles. The van der Waals surface area contributed by atoms with Gasteiger partial charge in [0.2, 0.25) is 0 Å². The number of rotatable bonds is 17. The van der Waals surface area contributed by atoms with E-state index in [1.54, 1.807) is 27.7 Å². The predicted octanol–water partition coefficient (Wildman–Crippen LogP) is 6.64. The molecule has 10 nitrogen and oxygen atoms in total. The second kappa shape index (κ2) is 15.9. The first-order valence-corrected chi connectivity index (χ1v) is 17.5. The van der Waals surface area contributed by atoms with Crippen LogP contribution < -0.4 is 0 Å². The third-order valence-corrected chi connectivity index (χ3v) is 8.81. The highest BCUT2D eigenvalue weighted by Gasteiger charge is 2.49. The Morgan fingerprint density at radius 2 is 0.826 bits per heavy atom.